The number of rotatable bonds is 4. The van der Waals surface area contributed by atoms with E-state index in [1.165, 1.54) is 11.3 Å². The first-order valence-corrected chi connectivity index (χ1v) is 10.9. The van der Waals surface area contributed by atoms with Gasteiger partial charge in [-0.25, -0.2) is 0 Å². The van der Waals surface area contributed by atoms with Gasteiger partial charge in [0.15, 0.2) is 5.78 Å². The van der Waals surface area contributed by atoms with E-state index in [0.29, 0.717) is 24.3 Å². The van der Waals surface area contributed by atoms with Crippen molar-refractivity contribution in [1.82, 2.24) is 0 Å². The molecule has 2 heterocycles. The van der Waals surface area contributed by atoms with Gasteiger partial charge in [0, 0.05) is 44.9 Å². The normalized spacial score (nSPS) is 14.1. The number of aromatic hydroxyl groups is 2. The number of benzene rings is 3. The third-order valence-corrected chi connectivity index (χ3v) is 6.74. The van der Waals surface area contributed by atoms with Gasteiger partial charge in [-0.1, -0.05) is 0 Å². The Morgan fingerprint density at radius 1 is 0.871 bits per heavy atom. The van der Waals surface area contributed by atoms with E-state index in [9.17, 15) is 15.0 Å². The molecule has 1 saturated heterocycles. The number of nitrogens with zero attached hydrogens (tertiary/aromatic N) is 1. The molecule has 0 aliphatic carbocycles. The molecule has 0 radical (unpaired) electrons. The van der Waals surface area contributed by atoms with E-state index < -0.39 is 0 Å². The lowest BCUT2D eigenvalue weighted by atomic mass is 9.97. The van der Waals surface area contributed by atoms with E-state index >= 15 is 0 Å². The lowest BCUT2D eigenvalue weighted by molar-refractivity contribution is 0.104. The molecule has 156 valence electrons. The van der Waals surface area contributed by atoms with Crippen molar-refractivity contribution in [3.63, 3.8) is 0 Å². The van der Waals surface area contributed by atoms with E-state index in [4.69, 9.17) is 4.74 Å². The number of fused-ring (bicyclic) bond motifs is 1. The Labute approximate surface area is 183 Å². The molecule has 4 aromatic rings. The van der Waals surface area contributed by atoms with Gasteiger partial charge < -0.3 is 19.8 Å². The number of hydrogen-bond donors (Lipinski definition) is 2. The molecule has 0 saturated carbocycles. The van der Waals surface area contributed by atoms with Gasteiger partial charge in [0.1, 0.15) is 11.5 Å². The van der Waals surface area contributed by atoms with Gasteiger partial charge in [-0.05, 0) is 72.3 Å². The molecule has 31 heavy (non-hydrogen) atoms. The van der Waals surface area contributed by atoms with Gasteiger partial charge in [-0.3, -0.25) is 4.79 Å². The van der Waals surface area contributed by atoms with Crippen LogP contribution in [0.15, 0.2) is 66.7 Å². The predicted octanol–water partition coefficient (Wildman–Crippen LogP) is 5.05. The highest BCUT2D eigenvalue weighted by Crippen LogP contribution is 2.41. The smallest absolute Gasteiger partial charge is 0.195 e. The molecule has 0 bridgehead atoms. The van der Waals surface area contributed by atoms with Gasteiger partial charge >= 0.3 is 0 Å². The number of carbonyl (C=O) groups excluding carboxylic acids is 1. The topological polar surface area (TPSA) is 70.0 Å². The van der Waals surface area contributed by atoms with E-state index in [2.05, 4.69) is 4.90 Å². The van der Waals surface area contributed by atoms with Crippen molar-refractivity contribution in [2.45, 2.75) is 0 Å². The Balaban J connectivity index is 1.57. The van der Waals surface area contributed by atoms with E-state index in [-0.39, 0.29) is 17.3 Å². The Kier molecular flexibility index (Phi) is 5.10. The van der Waals surface area contributed by atoms with Gasteiger partial charge in [0.05, 0.1) is 13.2 Å². The van der Waals surface area contributed by atoms with Crippen molar-refractivity contribution >= 4 is 32.9 Å². The second-order valence-electron chi connectivity index (χ2n) is 7.51. The summed E-state index contributed by atoms with van der Waals surface area (Å²) >= 11 is 1.46. The minimum Gasteiger partial charge on any atom is -0.508 e. The van der Waals surface area contributed by atoms with Crippen molar-refractivity contribution in [2.75, 3.05) is 31.2 Å². The summed E-state index contributed by atoms with van der Waals surface area (Å²) in [6, 6.07) is 19.6. The number of ketones is 1. The molecule has 0 atom stereocenters. The van der Waals surface area contributed by atoms with Crippen LogP contribution in [0.25, 0.3) is 20.5 Å². The Morgan fingerprint density at radius 2 is 1.55 bits per heavy atom. The third-order valence-electron chi connectivity index (χ3n) is 5.54. The molecule has 1 aromatic heterocycles. The average molecular weight is 432 g/mol. The first-order valence-electron chi connectivity index (χ1n) is 10.1. The monoisotopic (exact) mass is 431 g/mol. The summed E-state index contributed by atoms with van der Waals surface area (Å²) in [5, 5.41) is 20.4. The highest BCUT2D eigenvalue weighted by atomic mass is 32.1. The van der Waals surface area contributed by atoms with Gasteiger partial charge in [0.25, 0.3) is 0 Å². The maximum Gasteiger partial charge on any atom is 0.195 e. The maximum atomic E-state index is 13.6. The van der Waals surface area contributed by atoms with Crippen LogP contribution in [0.4, 0.5) is 5.69 Å². The number of morpholine rings is 1. The summed E-state index contributed by atoms with van der Waals surface area (Å²) in [4.78, 5) is 16.7. The van der Waals surface area contributed by atoms with Crippen LogP contribution in [0.3, 0.4) is 0 Å². The predicted molar refractivity (Wildman–Crippen MR) is 123 cm³/mol. The van der Waals surface area contributed by atoms with Gasteiger partial charge in [0.2, 0.25) is 0 Å². The summed E-state index contributed by atoms with van der Waals surface area (Å²) in [5.74, 6) is 0.280. The van der Waals surface area contributed by atoms with Crippen LogP contribution in [-0.2, 0) is 4.74 Å². The molecule has 3 aromatic carbocycles. The maximum absolute atomic E-state index is 13.6. The Morgan fingerprint density at radius 3 is 2.26 bits per heavy atom. The second kappa shape index (κ2) is 8.06. The van der Waals surface area contributed by atoms with Crippen LogP contribution < -0.4 is 4.90 Å². The van der Waals surface area contributed by atoms with Crippen LogP contribution >= 0.6 is 11.3 Å². The van der Waals surface area contributed by atoms with E-state index in [1.807, 2.05) is 24.3 Å². The Hall–Kier alpha value is -3.35. The molecule has 1 fully saturated rings. The lowest BCUT2D eigenvalue weighted by Gasteiger charge is -2.28. The van der Waals surface area contributed by atoms with Crippen molar-refractivity contribution in [3.05, 3.63) is 77.9 Å². The molecular weight excluding hydrogens is 410 g/mol. The summed E-state index contributed by atoms with van der Waals surface area (Å²) in [6.45, 7) is 3.11. The number of phenolic OH excluding ortho intramolecular Hbond substituents is 2. The number of carbonyl (C=O) groups is 1. The first-order chi connectivity index (χ1) is 15.1. The van der Waals surface area contributed by atoms with Crippen LogP contribution in [0.2, 0.25) is 0 Å². The summed E-state index contributed by atoms with van der Waals surface area (Å²) in [6.07, 6.45) is 0. The fraction of sp³-hybridized carbons (Fsp3) is 0.160. The molecule has 0 amide bonds. The molecule has 2 N–H and O–H groups in total. The minimum atomic E-state index is -0.0615. The largest absolute Gasteiger partial charge is 0.508 e. The van der Waals surface area contributed by atoms with Crippen LogP contribution in [-0.4, -0.2) is 42.3 Å². The molecule has 0 spiro atoms. The van der Waals surface area contributed by atoms with Crippen LogP contribution in [0, 0.1) is 0 Å². The third kappa shape index (κ3) is 3.76. The molecule has 1 aliphatic heterocycles. The van der Waals surface area contributed by atoms with Gasteiger partial charge in [-0.15, -0.1) is 11.3 Å². The fourth-order valence-electron chi connectivity index (χ4n) is 3.92. The molecule has 6 heteroatoms. The molecule has 5 rings (SSSR count). The highest BCUT2D eigenvalue weighted by Gasteiger charge is 2.22. The number of anilines is 1. The zero-order chi connectivity index (χ0) is 21.4. The summed E-state index contributed by atoms with van der Waals surface area (Å²) in [7, 11) is 0. The zero-order valence-corrected chi connectivity index (χ0v) is 17.6. The van der Waals surface area contributed by atoms with Crippen molar-refractivity contribution in [1.29, 1.82) is 0 Å². The van der Waals surface area contributed by atoms with E-state index in [0.717, 1.165) is 39.3 Å². The van der Waals surface area contributed by atoms with Gasteiger partial charge in [-0.2, -0.15) is 0 Å². The summed E-state index contributed by atoms with van der Waals surface area (Å²) < 4.78 is 6.26. The molecule has 1 aliphatic rings. The minimum absolute atomic E-state index is 0.0615. The number of ether oxygens (including phenoxy) is 1. The van der Waals surface area contributed by atoms with Crippen LogP contribution in [0.5, 0.6) is 11.5 Å². The summed E-state index contributed by atoms with van der Waals surface area (Å²) in [5.41, 5.74) is 3.17. The first kappa shape index (κ1) is 19.6. The zero-order valence-electron chi connectivity index (χ0n) is 16.7. The quantitative estimate of drug-likeness (QED) is 0.443. The van der Waals surface area contributed by atoms with Crippen LogP contribution in [0.1, 0.15) is 15.9 Å². The molecule has 0 unspecified atom stereocenters. The number of thiophene rings is 1. The number of phenols is 2. The second-order valence-corrected chi connectivity index (χ2v) is 8.56. The van der Waals surface area contributed by atoms with E-state index in [1.54, 1.807) is 42.5 Å². The standard InChI is InChI=1S/C25H21NO4S/c27-19-7-3-17(4-8-19)25-23(21-10-9-20(28)15-22(21)31-25)24(29)16-1-5-18(6-2-16)26-11-13-30-14-12-26/h1-10,15,27-28H,11-14H2. The number of hydrogen-bond acceptors (Lipinski definition) is 6. The molecule has 5 nitrogen and oxygen atoms in total. The van der Waals surface area contributed by atoms with Crippen molar-refractivity contribution in [3.8, 4) is 21.9 Å². The fourth-order valence-corrected chi connectivity index (χ4v) is 5.15. The van der Waals surface area contributed by atoms with Crippen molar-refractivity contribution < 1.29 is 19.7 Å². The average Bonchev–Trinajstić information content (AvgIpc) is 3.18. The SMILES string of the molecule is O=C(c1ccc(N2CCOCC2)cc1)c1c(-c2ccc(O)cc2)sc2cc(O)ccc12. The molecular formula is C25H21NO4S. The highest BCUT2D eigenvalue weighted by molar-refractivity contribution is 7.22. The lowest BCUT2D eigenvalue weighted by Crippen LogP contribution is -2.36. The van der Waals surface area contributed by atoms with Crippen molar-refractivity contribution in [2.24, 2.45) is 0 Å². The Bertz CT molecular complexity index is 1240.